The van der Waals surface area contributed by atoms with Gasteiger partial charge in [-0.2, -0.15) is 0 Å². The van der Waals surface area contributed by atoms with Gasteiger partial charge in [0, 0.05) is 12.2 Å². The van der Waals surface area contributed by atoms with Gasteiger partial charge < -0.3 is 4.90 Å². The van der Waals surface area contributed by atoms with Gasteiger partial charge in [-0.15, -0.1) is 12.6 Å². The number of thiol groups is 1. The molecule has 0 atom stereocenters. The third kappa shape index (κ3) is 3.70. The fourth-order valence-electron chi connectivity index (χ4n) is 1.04. The first-order valence-electron chi connectivity index (χ1n) is 3.81. The van der Waals surface area contributed by atoms with Crippen molar-refractivity contribution in [3.05, 3.63) is 30.3 Å². The molecule has 0 aliphatic carbocycles. The Morgan fingerprint density at radius 1 is 1.38 bits per heavy atom. The fourth-order valence-corrected chi connectivity index (χ4v) is 1.53. The zero-order valence-corrected chi connectivity index (χ0v) is 8.61. The largest absolute Gasteiger partial charge is 0.328 e. The highest BCUT2D eigenvalue weighted by Gasteiger charge is 2.04. The molecule has 0 N–H and O–H groups in total. The van der Waals surface area contributed by atoms with Crippen molar-refractivity contribution in [3.8, 4) is 0 Å². The van der Waals surface area contributed by atoms with E-state index in [-0.39, 0.29) is 17.4 Å². The number of thiocarbonyl (C=S) groups is 1. The van der Waals surface area contributed by atoms with Crippen molar-refractivity contribution in [2.24, 2.45) is 0 Å². The molecule has 1 rings (SSSR count). The van der Waals surface area contributed by atoms with E-state index in [0.29, 0.717) is 4.32 Å². The molecule has 0 bridgehead atoms. The fraction of sp³-hybridized carbons (Fsp3) is 0.222. The van der Waals surface area contributed by atoms with E-state index in [1.54, 1.807) is 0 Å². The predicted octanol–water partition coefficient (Wildman–Crippen LogP) is 1.54. The molecule has 1 aromatic carbocycles. The number of benzene rings is 1. The van der Waals surface area contributed by atoms with E-state index in [1.807, 2.05) is 35.2 Å². The number of anilines is 1. The molecule has 1 aromatic rings. The average molecular weight is 227 g/mol. The molecule has 0 unspecified atom stereocenters. The van der Waals surface area contributed by atoms with Crippen molar-refractivity contribution in [2.75, 3.05) is 11.4 Å². The van der Waals surface area contributed by atoms with Crippen molar-refractivity contribution in [1.29, 1.82) is 0 Å². The van der Waals surface area contributed by atoms with E-state index in [1.165, 1.54) is 0 Å². The Morgan fingerprint density at radius 2 is 1.92 bits per heavy atom. The second-order valence-electron chi connectivity index (χ2n) is 2.36. The van der Waals surface area contributed by atoms with Gasteiger partial charge in [0.2, 0.25) is 0 Å². The molecular weight excluding hydrogens is 213 g/mol. The van der Waals surface area contributed by atoms with Gasteiger partial charge >= 0.3 is 0 Å². The summed E-state index contributed by atoms with van der Waals surface area (Å²) in [5.41, 5.74) is 1.10. The van der Waals surface area contributed by atoms with Crippen LogP contribution in [0.2, 0.25) is 0 Å². The molecule has 4 heteroatoms. The van der Waals surface area contributed by atoms with Crippen LogP contribution in [0.25, 0.3) is 0 Å². The summed E-state index contributed by atoms with van der Waals surface area (Å²) in [6.45, 7) is 2.90. The van der Waals surface area contributed by atoms with Gasteiger partial charge in [-0.25, -0.2) is 0 Å². The summed E-state index contributed by atoms with van der Waals surface area (Å²) in [6, 6.07) is 10.0. The van der Waals surface area contributed by atoms with Crippen LogP contribution in [0.5, 0.6) is 0 Å². The maximum absolute atomic E-state index is 4.99. The van der Waals surface area contributed by atoms with Crippen LogP contribution in [0.15, 0.2) is 30.3 Å². The van der Waals surface area contributed by atoms with Crippen molar-refractivity contribution in [3.63, 3.8) is 0 Å². The van der Waals surface area contributed by atoms with E-state index in [2.05, 4.69) is 19.6 Å². The number of rotatable bonds is 2. The summed E-state index contributed by atoms with van der Waals surface area (Å²) in [7, 11) is 0. The molecule has 13 heavy (non-hydrogen) atoms. The van der Waals surface area contributed by atoms with Crippen molar-refractivity contribution in [1.82, 2.24) is 0 Å². The second kappa shape index (κ2) is 6.45. The van der Waals surface area contributed by atoms with Crippen LogP contribution in [-0.2, 0) is 0 Å². The van der Waals surface area contributed by atoms with Gasteiger partial charge in [0.15, 0.2) is 17.4 Å². The van der Waals surface area contributed by atoms with Gasteiger partial charge in [0.1, 0.15) is 4.32 Å². The third-order valence-electron chi connectivity index (χ3n) is 1.61. The first kappa shape index (κ1) is 13.0. The van der Waals surface area contributed by atoms with E-state index in [0.717, 1.165) is 12.2 Å². The van der Waals surface area contributed by atoms with Crippen LogP contribution in [0.3, 0.4) is 0 Å². The number of hydrogen-bond acceptors (Lipinski definition) is 1. The topological polar surface area (TPSA) is 3.24 Å². The molecule has 0 fully saturated rings. The molecule has 0 heterocycles. The summed E-state index contributed by atoms with van der Waals surface area (Å²) < 4.78 is 0.615. The van der Waals surface area contributed by atoms with Crippen LogP contribution in [0.4, 0.5) is 5.69 Å². The smallest absolute Gasteiger partial charge is 0.187 e. The lowest BCUT2D eigenvalue weighted by Crippen LogP contribution is -2.24. The average Bonchev–Trinajstić information content (AvgIpc) is 2.07. The Kier molecular flexibility index (Phi) is 6.44. The lowest BCUT2D eigenvalue weighted by Gasteiger charge is -2.20. The van der Waals surface area contributed by atoms with E-state index in [4.69, 9.17) is 12.2 Å². The standard InChI is InChI=1S/C9H11NS2.Al.3H/c1-2-10(9(11)12)8-6-4-3-5-7-8;;;;/h3-7H,2H2,1H3,(H,11,12);;;;. The lowest BCUT2D eigenvalue weighted by molar-refractivity contribution is 1.08. The normalized spacial score (nSPS) is 8.77. The summed E-state index contributed by atoms with van der Waals surface area (Å²) >= 11 is 9.13. The van der Waals surface area contributed by atoms with Crippen LogP contribution in [0, 0.1) is 0 Å². The molecule has 0 saturated carbocycles. The molecule has 0 spiro atoms. The zero-order valence-electron chi connectivity index (χ0n) is 6.90. The molecule has 0 aliphatic heterocycles. The lowest BCUT2D eigenvalue weighted by atomic mass is 10.3. The number of nitrogens with zero attached hydrogens (tertiary/aromatic N) is 1. The summed E-state index contributed by atoms with van der Waals surface area (Å²) in [4.78, 5) is 1.97. The summed E-state index contributed by atoms with van der Waals surface area (Å²) in [5, 5.41) is 0. The minimum atomic E-state index is 0. The van der Waals surface area contributed by atoms with Gasteiger partial charge in [0.25, 0.3) is 0 Å². The SMILES string of the molecule is CCN(C(=S)S)c1ccccc1.[AlH3]. The Morgan fingerprint density at radius 3 is 2.31 bits per heavy atom. The molecule has 0 aliphatic rings. The molecule has 0 radical (unpaired) electrons. The Balaban J connectivity index is 0.00000144. The molecule has 0 saturated heterocycles. The van der Waals surface area contributed by atoms with Gasteiger partial charge in [-0.1, -0.05) is 30.4 Å². The Labute approximate surface area is 101 Å². The molecule has 70 valence electrons. The quantitative estimate of drug-likeness (QED) is 0.464. The highest BCUT2D eigenvalue weighted by atomic mass is 32.1. The van der Waals surface area contributed by atoms with Gasteiger partial charge in [0.05, 0.1) is 0 Å². The van der Waals surface area contributed by atoms with Crippen molar-refractivity contribution in [2.45, 2.75) is 6.92 Å². The van der Waals surface area contributed by atoms with E-state index < -0.39 is 0 Å². The monoisotopic (exact) mass is 227 g/mol. The van der Waals surface area contributed by atoms with Gasteiger partial charge in [-0.3, -0.25) is 0 Å². The number of para-hydroxylation sites is 1. The third-order valence-corrected chi connectivity index (χ3v) is 2.08. The second-order valence-corrected chi connectivity index (χ2v) is 3.48. The zero-order chi connectivity index (χ0) is 8.97. The van der Waals surface area contributed by atoms with Crippen LogP contribution in [-0.4, -0.2) is 28.2 Å². The summed E-state index contributed by atoms with van der Waals surface area (Å²) in [6.07, 6.45) is 0. The van der Waals surface area contributed by atoms with Gasteiger partial charge in [-0.05, 0) is 19.1 Å². The molecule has 0 aromatic heterocycles. The summed E-state index contributed by atoms with van der Waals surface area (Å²) in [5.74, 6) is 0. The molecule has 0 amide bonds. The van der Waals surface area contributed by atoms with Crippen molar-refractivity contribution >= 4 is 52.2 Å². The Bertz CT molecular complexity index is 264. The first-order valence-corrected chi connectivity index (χ1v) is 4.66. The minimum absolute atomic E-state index is 0. The molecular formula is C9H14AlNS2. The van der Waals surface area contributed by atoms with Crippen LogP contribution in [0.1, 0.15) is 6.92 Å². The number of hydrogen-bond donors (Lipinski definition) is 1. The molecule has 1 nitrogen and oxygen atoms in total. The highest BCUT2D eigenvalue weighted by Crippen LogP contribution is 2.14. The maximum atomic E-state index is 4.99. The minimum Gasteiger partial charge on any atom is -0.328 e. The first-order chi connectivity index (χ1) is 5.75. The van der Waals surface area contributed by atoms with Crippen LogP contribution >= 0.6 is 24.8 Å². The van der Waals surface area contributed by atoms with E-state index in [9.17, 15) is 0 Å². The maximum Gasteiger partial charge on any atom is 0.187 e. The predicted molar refractivity (Wildman–Crippen MR) is 71.0 cm³/mol. The van der Waals surface area contributed by atoms with E-state index >= 15 is 0 Å². The highest BCUT2D eigenvalue weighted by molar-refractivity contribution is 8.11. The van der Waals surface area contributed by atoms with Crippen molar-refractivity contribution < 1.29 is 0 Å². The van der Waals surface area contributed by atoms with Crippen LogP contribution < -0.4 is 4.90 Å². The Hall–Kier alpha value is -0.00753.